The number of ether oxygens (including phenoxy) is 1. The molecule has 0 atom stereocenters. The van der Waals surface area contributed by atoms with Crippen molar-refractivity contribution in [2.75, 3.05) is 11.9 Å². The average molecular weight is 351 g/mol. The summed E-state index contributed by atoms with van der Waals surface area (Å²) < 4.78 is 10.6. The second kappa shape index (κ2) is 7.23. The topological polar surface area (TPSA) is 85.6 Å². The third kappa shape index (κ3) is 3.64. The summed E-state index contributed by atoms with van der Waals surface area (Å²) in [5.74, 6) is 0.0582. The Bertz CT molecular complexity index is 1030. The largest absolute Gasteiger partial charge is 0.494 e. The lowest BCUT2D eigenvalue weighted by Crippen LogP contribution is -2.15. The van der Waals surface area contributed by atoms with Gasteiger partial charge >= 0.3 is 5.63 Å². The minimum atomic E-state index is -0.622. The number of carbonyl (C=O) groups is 2. The monoisotopic (exact) mass is 351 g/mol. The maximum Gasteiger partial charge on any atom is 0.337 e. The standard InChI is InChI=1S/C20H17NO5/c1-3-25-15-8-9-16-17(11-19(23)26-18(16)10-15)20(24)21-14-6-4-13(5-7-14)12(2)22/h4-11H,3H2,1-2H3,(H,21,24). The molecule has 3 rings (SSSR count). The van der Waals surface area contributed by atoms with Gasteiger partial charge in [-0.05, 0) is 50.2 Å². The van der Waals surface area contributed by atoms with Crippen molar-refractivity contribution in [2.24, 2.45) is 0 Å². The number of fused-ring (bicyclic) bond motifs is 1. The normalized spacial score (nSPS) is 10.5. The van der Waals surface area contributed by atoms with Crippen molar-refractivity contribution >= 4 is 28.3 Å². The highest BCUT2D eigenvalue weighted by Crippen LogP contribution is 2.23. The van der Waals surface area contributed by atoms with E-state index in [1.54, 1.807) is 42.5 Å². The number of ketones is 1. The Kier molecular flexibility index (Phi) is 4.84. The summed E-state index contributed by atoms with van der Waals surface area (Å²) in [6, 6.07) is 12.7. The molecular weight excluding hydrogens is 334 g/mol. The Balaban J connectivity index is 1.94. The molecule has 0 aliphatic rings. The lowest BCUT2D eigenvalue weighted by atomic mass is 10.1. The Morgan fingerprint density at radius 2 is 1.81 bits per heavy atom. The highest BCUT2D eigenvalue weighted by Gasteiger charge is 2.14. The molecule has 1 aromatic heterocycles. The predicted octanol–water partition coefficient (Wildman–Crippen LogP) is 3.65. The molecule has 1 N–H and O–H groups in total. The van der Waals surface area contributed by atoms with E-state index in [0.29, 0.717) is 29.0 Å². The van der Waals surface area contributed by atoms with Gasteiger partial charge in [-0.25, -0.2) is 4.79 Å². The maximum atomic E-state index is 12.6. The van der Waals surface area contributed by atoms with Crippen molar-refractivity contribution in [1.82, 2.24) is 0 Å². The van der Waals surface area contributed by atoms with Crippen LogP contribution in [0.4, 0.5) is 5.69 Å². The molecule has 6 nitrogen and oxygen atoms in total. The second-order valence-electron chi connectivity index (χ2n) is 5.66. The number of nitrogens with one attached hydrogen (secondary N) is 1. The summed E-state index contributed by atoms with van der Waals surface area (Å²) in [6.45, 7) is 3.80. The molecule has 0 fully saturated rings. The van der Waals surface area contributed by atoms with Gasteiger partial charge in [-0.3, -0.25) is 9.59 Å². The lowest BCUT2D eigenvalue weighted by Gasteiger charge is -2.09. The van der Waals surface area contributed by atoms with E-state index in [1.807, 2.05) is 6.92 Å². The zero-order valence-corrected chi connectivity index (χ0v) is 14.4. The van der Waals surface area contributed by atoms with Gasteiger partial charge in [-0.1, -0.05) is 0 Å². The first kappa shape index (κ1) is 17.4. The molecule has 0 aliphatic heterocycles. The van der Waals surface area contributed by atoms with Gasteiger partial charge in [0.05, 0.1) is 12.2 Å². The van der Waals surface area contributed by atoms with Crippen molar-refractivity contribution in [3.63, 3.8) is 0 Å². The van der Waals surface area contributed by atoms with Crippen LogP contribution in [0.5, 0.6) is 5.75 Å². The van der Waals surface area contributed by atoms with Crippen LogP contribution >= 0.6 is 0 Å². The van der Waals surface area contributed by atoms with Crippen LogP contribution in [0.3, 0.4) is 0 Å². The quantitative estimate of drug-likeness (QED) is 0.560. The molecular formula is C20H17NO5. The fourth-order valence-electron chi connectivity index (χ4n) is 2.57. The molecule has 1 amide bonds. The molecule has 0 saturated carbocycles. The van der Waals surface area contributed by atoms with E-state index < -0.39 is 11.5 Å². The molecule has 6 heteroatoms. The Morgan fingerprint density at radius 1 is 1.08 bits per heavy atom. The molecule has 26 heavy (non-hydrogen) atoms. The number of carbonyl (C=O) groups excluding carboxylic acids is 2. The highest BCUT2D eigenvalue weighted by molar-refractivity contribution is 6.12. The van der Waals surface area contributed by atoms with Gasteiger partial charge in [0.15, 0.2) is 5.78 Å². The smallest absolute Gasteiger partial charge is 0.337 e. The number of amides is 1. The van der Waals surface area contributed by atoms with Gasteiger partial charge in [0, 0.05) is 28.8 Å². The van der Waals surface area contributed by atoms with Crippen LogP contribution in [-0.4, -0.2) is 18.3 Å². The molecule has 0 bridgehead atoms. The first-order valence-corrected chi connectivity index (χ1v) is 8.11. The summed E-state index contributed by atoms with van der Waals surface area (Å²) in [5, 5.41) is 3.23. The molecule has 0 saturated heterocycles. The molecule has 0 spiro atoms. The number of benzene rings is 2. The van der Waals surface area contributed by atoms with Crippen LogP contribution < -0.4 is 15.7 Å². The minimum Gasteiger partial charge on any atom is -0.494 e. The van der Waals surface area contributed by atoms with Gasteiger partial charge < -0.3 is 14.5 Å². The number of rotatable bonds is 5. The van der Waals surface area contributed by atoms with Crippen molar-refractivity contribution in [1.29, 1.82) is 0 Å². The molecule has 0 unspecified atom stereocenters. The molecule has 132 valence electrons. The molecule has 1 heterocycles. The average Bonchev–Trinajstić information content (AvgIpc) is 2.61. The van der Waals surface area contributed by atoms with Crippen LogP contribution in [-0.2, 0) is 0 Å². The van der Waals surface area contributed by atoms with Crippen molar-refractivity contribution in [3.8, 4) is 5.75 Å². The molecule has 3 aromatic rings. The van der Waals surface area contributed by atoms with Gasteiger partial charge in [0.2, 0.25) is 0 Å². The summed E-state index contributed by atoms with van der Waals surface area (Å²) in [5.41, 5.74) is 0.934. The molecule has 0 radical (unpaired) electrons. The first-order chi connectivity index (χ1) is 12.5. The van der Waals surface area contributed by atoms with Crippen LogP contribution in [0.15, 0.2) is 57.7 Å². The Labute approximate surface area is 149 Å². The second-order valence-corrected chi connectivity index (χ2v) is 5.66. The van der Waals surface area contributed by atoms with Crippen molar-refractivity contribution in [3.05, 3.63) is 70.1 Å². The van der Waals surface area contributed by atoms with Gasteiger partial charge in [-0.15, -0.1) is 0 Å². The van der Waals surface area contributed by atoms with E-state index in [1.165, 1.54) is 6.92 Å². The van der Waals surface area contributed by atoms with Crippen LogP contribution in [0, 0.1) is 0 Å². The SMILES string of the molecule is CCOc1ccc2c(C(=O)Nc3ccc(C(C)=O)cc3)cc(=O)oc2c1. The van der Waals surface area contributed by atoms with Crippen LogP contribution in [0.1, 0.15) is 34.6 Å². The van der Waals surface area contributed by atoms with Crippen molar-refractivity contribution in [2.45, 2.75) is 13.8 Å². The minimum absolute atomic E-state index is 0.0559. The first-order valence-electron chi connectivity index (χ1n) is 8.11. The van der Waals surface area contributed by atoms with Gasteiger partial charge in [-0.2, -0.15) is 0 Å². The number of anilines is 1. The van der Waals surface area contributed by atoms with Crippen molar-refractivity contribution < 1.29 is 18.7 Å². The zero-order chi connectivity index (χ0) is 18.7. The number of Topliss-reactive ketones (excluding diaryl/α,β-unsaturated/α-hetero) is 1. The van der Waals surface area contributed by atoms with E-state index in [-0.39, 0.29) is 16.9 Å². The van der Waals surface area contributed by atoms with Crippen LogP contribution in [0.2, 0.25) is 0 Å². The Morgan fingerprint density at radius 3 is 2.46 bits per heavy atom. The number of hydrogen-bond donors (Lipinski definition) is 1. The van der Waals surface area contributed by atoms with Crippen LogP contribution in [0.25, 0.3) is 11.0 Å². The molecule has 2 aromatic carbocycles. The van der Waals surface area contributed by atoms with Gasteiger partial charge in [0.25, 0.3) is 5.91 Å². The fraction of sp³-hybridized carbons (Fsp3) is 0.150. The predicted molar refractivity (Wildman–Crippen MR) is 98.1 cm³/mol. The Hall–Kier alpha value is -3.41. The van der Waals surface area contributed by atoms with E-state index >= 15 is 0 Å². The summed E-state index contributed by atoms with van der Waals surface area (Å²) in [6.07, 6.45) is 0. The fourth-order valence-corrected chi connectivity index (χ4v) is 2.57. The summed E-state index contributed by atoms with van der Waals surface area (Å²) >= 11 is 0. The van der Waals surface area contributed by atoms with E-state index in [4.69, 9.17) is 9.15 Å². The summed E-state index contributed by atoms with van der Waals surface area (Å²) in [4.78, 5) is 35.8. The lowest BCUT2D eigenvalue weighted by molar-refractivity contribution is 0.101. The number of hydrogen-bond acceptors (Lipinski definition) is 5. The third-order valence-corrected chi connectivity index (χ3v) is 3.82. The van der Waals surface area contributed by atoms with E-state index in [9.17, 15) is 14.4 Å². The zero-order valence-electron chi connectivity index (χ0n) is 14.4. The highest BCUT2D eigenvalue weighted by atomic mass is 16.5. The van der Waals surface area contributed by atoms with E-state index in [0.717, 1.165) is 6.07 Å². The molecule has 0 aliphatic carbocycles. The third-order valence-electron chi connectivity index (χ3n) is 3.82. The maximum absolute atomic E-state index is 12.6. The van der Waals surface area contributed by atoms with E-state index in [2.05, 4.69) is 5.32 Å². The summed E-state index contributed by atoms with van der Waals surface area (Å²) in [7, 11) is 0. The van der Waals surface area contributed by atoms with Gasteiger partial charge in [0.1, 0.15) is 11.3 Å².